The molecule has 0 aromatic heterocycles. The lowest BCUT2D eigenvalue weighted by molar-refractivity contribution is -0.120. The van der Waals surface area contributed by atoms with Gasteiger partial charge in [0.05, 0.1) is 13.0 Å². The molecule has 1 aliphatic rings. The molecule has 6 heteroatoms. The Morgan fingerprint density at radius 2 is 2.25 bits per heavy atom. The van der Waals surface area contributed by atoms with Gasteiger partial charge >= 0.3 is 6.09 Å². The number of halogens is 1. The van der Waals surface area contributed by atoms with Gasteiger partial charge in [0.1, 0.15) is 11.9 Å². The Kier molecular flexibility index (Phi) is 4.55. The Hall–Kier alpha value is -2.11. The third-order valence-electron chi connectivity index (χ3n) is 3.15. The second-order valence-corrected chi connectivity index (χ2v) is 4.79. The molecule has 1 heterocycles. The van der Waals surface area contributed by atoms with Gasteiger partial charge < -0.3 is 15.0 Å². The van der Waals surface area contributed by atoms with E-state index < -0.39 is 0 Å². The minimum atomic E-state index is -0.381. The lowest BCUT2D eigenvalue weighted by atomic mass is 10.1. The van der Waals surface area contributed by atoms with E-state index in [2.05, 4.69) is 5.32 Å². The number of nitrogens with one attached hydrogen (secondary N) is 1. The van der Waals surface area contributed by atoms with Crippen LogP contribution in [0.15, 0.2) is 24.3 Å². The average molecular weight is 280 g/mol. The van der Waals surface area contributed by atoms with E-state index in [4.69, 9.17) is 4.74 Å². The second-order valence-electron chi connectivity index (χ2n) is 4.79. The first-order chi connectivity index (χ1) is 9.56. The number of likely N-dealkylation sites (N-methyl/N-ethyl adjacent to an activating group) is 1. The molecule has 108 valence electrons. The molecule has 1 saturated heterocycles. The lowest BCUT2D eigenvalue weighted by Crippen LogP contribution is -2.29. The van der Waals surface area contributed by atoms with Crippen molar-refractivity contribution in [2.24, 2.45) is 0 Å². The first-order valence-corrected chi connectivity index (χ1v) is 6.48. The molecular weight excluding hydrogens is 263 g/mol. The highest BCUT2D eigenvalue weighted by atomic mass is 19.1. The summed E-state index contributed by atoms with van der Waals surface area (Å²) in [7, 11) is 1.67. The summed E-state index contributed by atoms with van der Waals surface area (Å²) in [6.07, 6.45) is 0.0322. The largest absolute Gasteiger partial charge is 0.444 e. The van der Waals surface area contributed by atoms with E-state index in [1.165, 1.54) is 11.0 Å². The van der Waals surface area contributed by atoms with Gasteiger partial charge in [-0.3, -0.25) is 4.79 Å². The number of benzene rings is 1. The maximum Gasteiger partial charge on any atom is 0.409 e. The van der Waals surface area contributed by atoms with Gasteiger partial charge in [-0.15, -0.1) is 0 Å². The van der Waals surface area contributed by atoms with Crippen LogP contribution in [0.5, 0.6) is 0 Å². The monoisotopic (exact) mass is 280 g/mol. The average Bonchev–Trinajstić information content (AvgIpc) is 2.71. The summed E-state index contributed by atoms with van der Waals surface area (Å²) in [6.45, 7) is 0.932. The molecule has 1 aromatic carbocycles. The molecular formula is C14H17FN2O3. The molecule has 0 spiro atoms. The third kappa shape index (κ3) is 3.69. The Morgan fingerprint density at radius 1 is 1.50 bits per heavy atom. The normalized spacial score (nSPS) is 18.0. The molecule has 1 aliphatic heterocycles. The van der Waals surface area contributed by atoms with E-state index in [9.17, 15) is 14.0 Å². The number of nitrogens with zero attached hydrogens (tertiary/aromatic N) is 1. The molecule has 0 bridgehead atoms. The Labute approximate surface area is 116 Å². The predicted molar refractivity (Wildman–Crippen MR) is 70.6 cm³/mol. The summed E-state index contributed by atoms with van der Waals surface area (Å²) in [4.78, 5) is 24.3. The van der Waals surface area contributed by atoms with Gasteiger partial charge in [0.15, 0.2) is 0 Å². The number of hydrogen-bond acceptors (Lipinski definition) is 3. The van der Waals surface area contributed by atoms with E-state index in [1.807, 2.05) is 0 Å². The third-order valence-corrected chi connectivity index (χ3v) is 3.15. The standard InChI is InChI=1S/C14H17FN2O3/c1-17-9-11(20-14(17)19)6-7-16-13(18)8-10-4-2-3-5-12(10)15/h2-5,11H,6-9H2,1H3,(H,16,18). The topological polar surface area (TPSA) is 58.6 Å². The number of carbonyl (C=O) groups excluding carboxylic acids is 2. The SMILES string of the molecule is CN1CC(CCNC(=O)Cc2ccccc2F)OC1=O. The molecule has 0 radical (unpaired) electrons. The minimum absolute atomic E-state index is 0.0109. The Bertz CT molecular complexity index is 507. The van der Waals surface area contributed by atoms with Gasteiger partial charge in [-0.05, 0) is 11.6 Å². The molecule has 20 heavy (non-hydrogen) atoms. The van der Waals surface area contributed by atoms with Crippen LogP contribution >= 0.6 is 0 Å². The fraction of sp³-hybridized carbons (Fsp3) is 0.429. The van der Waals surface area contributed by atoms with Crippen molar-refractivity contribution in [3.8, 4) is 0 Å². The van der Waals surface area contributed by atoms with E-state index in [-0.39, 0.29) is 30.3 Å². The van der Waals surface area contributed by atoms with E-state index in [0.29, 0.717) is 25.1 Å². The van der Waals surface area contributed by atoms with Crippen molar-refractivity contribution in [2.45, 2.75) is 18.9 Å². The van der Waals surface area contributed by atoms with Crippen molar-refractivity contribution in [1.82, 2.24) is 10.2 Å². The number of cyclic esters (lactones) is 1. The van der Waals surface area contributed by atoms with Crippen molar-refractivity contribution in [3.63, 3.8) is 0 Å². The number of hydrogen-bond donors (Lipinski definition) is 1. The van der Waals surface area contributed by atoms with Crippen LogP contribution in [-0.4, -0.2) is 43.1 Å². The zero-order chi connectivity index (χ0) is 14.5. The molecule has 5 nitrogen and oxygen atoms in total. The fourth-order valence-corrected chi connectivity index (χ4v) is 2.05. The summed E-state index contributed by atoms with van der Waals surface area (Å²) in [5.41, 5.74) is 0.372. The highest BCUT2D eigenvalue weighted by Crippen LogP contribution is 2.11. The van der Waals surface area contributed by atoms with Crippen molar-refractivity contribution >= 4 is 12.0 Å². The van der Waals surface area contributed by atoms with Gasteiger partial charge in [0.25, 0.3) is 0 Å². The Balaban J connectivity index is 1.71. The number of rotatable bonds is 5. The van der Waals surface area contributed by atoms with Gasteiger partial charge in [-0.2, -0.15) is 0 Å². The number of ether oxygens (including phenoxy) is 1. The van der Waals surface area contributed by atoms with Crippen molar-refractivity contribution in [1.29, 1.82) is 0 Å². The van der Waals surface area contributed by atoms with Crippen LogP contribution < -0.4 is 5.32 Å². The molecule has 0 saturated carbocycles. The first kappa shape index (κ1) is 14.3. The molecule has 1 atom stereocenters. The van der Waals surface area contributed by atoms with Crippen molar-refractivity contribution < 1.29 is 18.7 Å². The number of amides is 2. The fourth-order valence-electron chi connectivity index (χ4n) is 2.05. The van der Waals surface area contributed by atoms with Crippen LogP contribution in [0.3, 0.4) is 0 Å². The van der Waals surface area contributed by atoms with Crippen LogP contribution in [-0.2, 0) is 16.0 Å². The summed E-state index contributed by atoms with van der Waals surface area (Å²) >= 11 is 0. The van der Waals surface area contributed by atoms with Crippen LogP contribution in [0.4, 0.5) is 9.18 Å². The first-order valence-electron chi connectivity index (χ1n) is 6.48. The molecule has 1 fully saturated rings. The van der Waals surface area contributed by atoms with Gasteiger partial charge in [0.2, 0.25) is 5.91 Å². The zero-order valence-corrected chi connectivity index (χ0v) is 11.3. The lowest BCUT2D eigenvalue weighted by Gasteiger charge is -2.09. The quantitative estimate of drug-likeness (QED) is 0.885. The van der Waals surface area contributed by atoms with Crippen LogP contribution in [0.25, 0.3) is 0 Å². The van der Waals surface area contributed by atoms with Crippen molar-refractivity contribution in [2.75, 3.05) is 20.1 Å². The second kappa shape index (κ2) is 6.36. The zero-order valence-electron chi connectivity index (χ0n) is 11.3. The van der Waals surface area contributed by atoms with Gasteiger partial charge in [-0.25, -0.2) is 9.18 Å². The smallest absolute Gasteiger partial charge is 0.409 e. The van der Waals surface area contributed by atoms with Crippen LogP contribution in [0.2, 0.25) is 0 Å². The summed E-state index contributed by atoms with van der Waals surface area (Å²) in [6, 6.07) is 6.19. The van der Waals surface area contributed by atoms with Crippen LogP contribution in [0, 0.1) is 5.82 Å². The highest BCUT2D eigenvalue weighted by Gasteiger charge is 2.27. The van der Waals surface area contributed by atoms with E-state index in [1.54, 1.807) is 25.2 Å². The molecule has 1 unspecified atom stereocenters. The van der Waals surface area contributed by atoms with Crippen molar-refractivity contribution in [3.05, 3.63) is 35.6 Å². The van der Waals surface area contributed by atoms with E-state index in [0.717, 1.165) is 0 Å². The number of carbonyl (C=O) groups is 2. The Morgan fingerprint density at radius 3 is 2.90 bits per heavy atom. The summed E-state index contributed by atoms with van der Waals surface area (Å²) in [5.74, 6) is -0.623. The van der Waals surface area contributed by atoms with Crippen LogP contribution in [0.1, 0.15) is 12.0 Å². The summed E-state index contributed by atoms with van der Waals surface area (Å²) < 4.78 is 18.4. The molecule has 1 N–H and O–H groups in total. The highest BCUT2D eigenvalue weighted by molar-refractivity contribution is 5.78. The maximum absolute atomic E-state index is 13.4. The maximum atomic E-state index is 13.4. The predicted octanol–water partition coefficient (Wildman–Crippen LogP) is 1.33. The minimum Gasteiger partial charge on any atom is -0.444 e. The van der Waals surface area contributed by atoms with Gasteiger partial charge in [0, 0.05) is 20.0 Å². The van der Waals surface area contributed by atoms with E-state index >= 15 is 0 Å². The molecule has 0 aliphatic carbocycles. The molecule has 2 amide bonds. The molecule has 1 aromatic rings. The van der Waals surface area contributed by atoms with Gasteiger partial charge in [-0.1, -0.05) is 18.2 Å². The summed E-state index contributed by atoms with van der Waals surface area (Å²) in [5, 5.41) is 2.70. The molecule has 2 rings (SSSR count).